The van der Waals surface area contributed by atoms with Crippen LogP contribution in [-0.2, 0) is 19.4 Å². The zero-order valence-corrected chi connectivity index (χ0v) is 19.7. The number of carboxylic acids is 1. The van der Waals surface area contributed by atoms with Crippen molar-refractivity contribution in [3.05, 3.63) is 66.1 Å². The lowest BCUT2D eigenvalue weighted by atomic mass is 10.1. The van der Waals surface area contributed by atoms with Crippen molar-refractivity contribution in [2.75, 3.05) is 17.8 Å². The maximum Gasteiger partial charge on any atom is 0.326 e. The summed E-state index contributed by atoms with van der Waals surface area (Å²) < 4.78 is 39.1. The van der Waals surface area contributed by atoms with Gasteiger partial charge in [-0.2, -0.15) is 0 Å². The molecule has 180 valence electrons. The first kappa shape index (κ1) is 25.1. The number of hydrogen-bond donors (Lipinski definition) is 2. The van der Waals surface area contributed by atoms with Crippen molar-refractivity contribution >= 4 is 27.4 Å². The Morgan fingerprint density at radius 3 is 2.15 bits per heavy atom. The van der Waals surface area contributed by atoms with Crippen LogP contribution in [0.2, 0.25) is 0 Å². The molecule has 2 aromatic carbocycles. The number of aliphatic hydroxyl groups is 1. The van der Waals surface area contributed by atoms with Crippen LogP contribution in [0.25, 0.3) is 16.9 Å². The van der Waals surface area contributed by atoms with Crippen LogP contribution in [0, 0.1) is 12.7 Å². The Bertz CT molecular complexity index is 1310. The molecule has 0 fully saturated rings. The van der Waals surface area contributed by atoms with Crippen LogP contribution in [-0.4, -0.2) is 54.0 Å². The summed E-state index contributed by atoms with van der Waals surface area (Å²) in [7, 11) is -3.41. The lowest BCUT2D eigenvalue weighted by Gasteiger charge is -2.27. The Kier molecular flexibility index (Phi) is 7.23. The molecule has 0 saturated carbocycles. The average molecular weight is 489 g/mol. The molecule has 0 aliphatic heterocycles. The van der Waals surface area contributed by atoms with E-state index in [4.69, 9.17) is 0 Å². The molecular formula is C24H25FN2O6S. The minimum absolute atomic E-state index is 0.132. The standard InChI is InChI=1S/C24H25FN2O6S/c1-15-22(27(16(2)29)21(12-13-28)24(30)31)14-23(26(15)19-8-6-18(25)7-9-19)17-4-10-20(11-5-17)34(3,32)33/h4-11,14,21,28H,12-13H2,1-3H3,(H,30,31). The second kappa shape index (κ2) is 9.78. The molecule has 3 aromatic rings. The molecule has 0 spiro atoms. The van der Waals surface area contributed by atoms with Crippen molar-refractivity contribution in [3.63, 3.8) is 0 Å². The number of aliphatic carboxylic acids is 1. The van der Waals surface area contributed by atoms with Crippen LogP contribution in [0.1, 0.15) is 19.0 Å². The normalized spacial score (nSPS) is 12.4. The Balaban J connectivity index is 2.28. The van der Waals surface area contributed by atoms with E-state index in [0.717, 1.165) is 11.2 Å². The first-order valence-corrected chi connectivity index (χ1v) is 12.3. The van der Waals surface area contributed by atoms with E-state index in [-0.39, 0.29) is 11.3 Å². The van der Waals surface area contributed by atoms with Crippen LogP contribution in [0.5, 0.6) is 0 Å². The van der Waals surface area contributed by atoms with Gasteiger partial charge in [-0.1, -0.05) is 12.1 Å². The van der Waals surface area contributed by atoms with E-state index >= 15 is 0 Å². The predicted molar refractivity (Wildman–Crippen MR) is 125 cm³/mol. The number of anilines is 1. The molecule has 0 aliphatic carbocycles. The minimum atomic E-state index is -3.41. The third-order valence-electron chi connectivity index (χ3n) is 5.48. The molecule has 1 atom stereocenters. The molecule has 1 heterocycles. The van der Waals surface area contributed by atoms with Gasteiger partial charge in [-0.05, 0) is 55.0 Å². The molecule has 0 bridgehead atoms. The molecule has 1 unspecified atom stereocenters. The monoisotopic (exact) mass is 488 g/mol. The van der Waals surface area contributed by atoms with E-state index in [9.17, 15) is 32.6 Å². The molecule has 1 amide bonds. The number of hydrogen-bond acceptors (Lipinski definition) is 5. The van der Waals surface area contributed by atoms with Crippen molar-refractivity contribution in [1.29, 1.82) is 0 Å². The van der Waals surface area contributed by atoms with Gasteiger partial charge in [-0.25, -0.2) is 17.6 Å². The summed E-state index contributed by atoms with van der Waals surface area (Å²) in [6.07, 6.45) is 0.928. The number of amides is 1. The van der Waals surface area contributed by atoms with Gasteiger partial charge in [-0.3, -0.25) is 9.69 Å². The van der Waals surface area contributed by atoms with Crippen molar-refractivity contribution in [2.24, 2.45) is 0 Å². The second-order valence-corrected chi connectivity index (χ2v) is 9.88. The fourth-order valence-electron chi connectivity index (χ4n) is 3.89. The average Bonchev–Trinajstić information content (AvgIpc) is 3.10. The van der Waals surface area contributed by atoms with Crippen molar-refractivity contribution < 1.29 is 32.6 Å². The fraction of sp³-hybridized carbons (Fsp3) is 0.250. The Morgan fingerprint density at radius 2 is 1.68 bits per heavy atom. The molecule has 0 aliphatic rings. The number of halogens is 1. The summed E-state index contributed by atoms with van der Waals surface area (Å²) in [5, 5.41) is 19.1. The fourth-order valence-corrected chi connectivity index (χ4v) is 4.52. The van der Waals surface area contributed by atoms with Gasteiger partial charge in [0.05, 0.1) is 16.3 Å². The molecule has 0 saturated heterocycles. The number of nitrogens with zero attached hydrogens (tertiary/aromatic N) is 2. The van der Waals surface area contributed by atoms with E-state index in [1.54, 1.807) is 41.8 Å². The highest BCUT2D eigenvalue weighted by Crippen LogP contribution is 2.36. The molecule has 8 nitrogen and oxygen atoms in total. The largest absolute Gasteiger partial charge is 0.480 e. The number of carbonyl (C=O) groups is 2. The summed E-state index contributed by atoms with van der Waals surface area (Å²) in [6.45, 7) is 2.50. The van der Waals surface area contributed by atoms with Gasteiger partial charge in [0.1, 0.15) is 11.9 Å². The lowest BCUT2D eigenvalue weighted by Crippen LogP contribution is -2.45. The van der Waals surface area contributed by atoms with Crippen LogP contribution >= 0.6 is 0 Å². The second-order valence-electron chi connectivity index (χ2n) is 7.86. The topological polar surface area (TPSA) is 117 Å². The molecule has 10 heteroatoms. The zero-order chi connectivity index (χ0) is 25.2. The number of aliphatic hydroxyl groups excluding tert-OH is 1. The summed E-state index contributed by atoms with van der Waals surface area (Å²) in [5.74, 6) is -2.23. The highest BCUT2D eigenvalue weighted by molar-refractivity contribution is 7.90. The highest BCUT2D eigenvalue weighted by atomic mass is 32.2. The highest BCUT2D eigenvalue weighted by Gasteiger charge is 2.32. The van der Waals surface area contributed by atoms with Gasteiger partial charge in [0.25, 0.3) is 0 Å². The molecule has 0 radical (unpaired) electrons. The van der Waals surface area contributed by atoms with Gasteiger partial charge in [0.15, 0.2) is 9.84 Å². The quantitative estimate of drug-likeness (QED) is 0.503. The molecule has 3 rings (SSSR count). The number of carboxylic acid groups (broad SMARTS) is 1. The summed E-state index contributed by atoms with van der Waals surface area (Å²) >= 11 is 0. The van der Waals surface area contributed by atoms with Crippen LogP contribution in [0.15, 0.2) is 59.5 Å². The zero-order valence-electron chi connectivity index (χ0n) is 18.9. The van der Waals surface area contributed by atoms with Crippen LogP contribution in [0.3, 0.4) is 0 Å². The molecule has 34 heavy (non-hydrogen) atoms. The lowest BCUT2D eigenvalue weighted by molar-refractivity contribution is -0.140. The van der Waals surface area contributed by atoms with E-state index < -0.39 is 40.2 Å². The van der Waals surface area contributed by atoms with E-state index in [1.807, 2.05) is 0 Å². The van der Waals surface area contributed by atoms with Crippen molar-refractivity contribution in [2.45, 2.75) is 31.2 Å². The third-order valence-corrected chi connectivity index (χ3v) is 6.61. The smallest absolute Gasteiger partial charge is 0.326 e. The number of rotatable bonds is 8. The predicted octanol–water partition coefficient (Wildman–Crippen LogP) is 3.18. The summed E-state index contributed by atoms with van der Waals surface area (Å²) in [5.41, 5.74) is 2.51. The Hall–Kier alpha value is -3.50. The SMILES string of the molecule is CC(=O)N(c1cc(-c2ccc(S(C)(=O)=O)cc2)n(-c2ccc(F)cc2)c1C)C(CCO)C(=O)O. The number of carbonyl (C=O) groups excluding carboxylic acids is 1. The maximum absolute atomic E-state index is 13.6. The van der Waals surface area contributed by atoms with Gasteiger partial charge in [-0.15, -0.1) is 0 Å². The number of sulfone groups is 1. The van der Waals surface area contributed by atoms with Crippen molar-refractivity contribution in [1.82, 2.24) is 4.57 Å². The first-order chi connectivity index (χ1) is 16.0. The summed E-state index contributed by atoms with van der Waals surface area (Å²) in [4.78, 5) is 25.7. The van der Waals surface area contributed by atoms with Crippen LogP contribution < -0.4 is 4.90 Å². The molecule has 1 aromatic heterocycles. The molecule has 2 N–H and O–H groups in total. The molecular weight excluding hydrogens is 463 g/mol. The van der Waals surface area contributed by atoms with Gasteiger partial charge in [0.2, 0.25) is 5.91 Å². The van der Waals surface area contributed by atoms with E-state index in [2.05, 4.69) is 0 Å². The van der Waals surface area contributed by atoms with Crippen molar-refractivity contribution in [3.8, 4) is 16.9 Å². The minimum Gasteiger partial charge on any atom is -0.480 e. The van der Waals surface area contributed by atoms with Gasteiger partial charge in [0, 0.05) is 37.6 Å². The first-order valence-electron chi connectivity index (χ1n) is 10.4. The van der Waals surface area contributed by atoms with Gasteiger partial charge < -0.3 is 14.8 Å². The van der Waals surface area contributed by atoms with Crippen LogP contribution in [0.4, 0.5) is 10.1 Å². The Labute approximate surface area is 196 Å². The maximum atomic E-state index is 13.6. The third kappa shape index (κ3) is 5.02. The van der Waals surface area contributed by atoms with Gasteiger partial charge >= 0.3 is 5.97 Å². The number of aromatic nitrogens is 1. The Morgan fingerprint density at radius 1 is 1.09 bits per heavy atom. The number of benzene rings is 2. The van der Waals surface area contributed by atoms with E-state index in [1.165, 1.54) is 31.2 Å². The summed E-state index contributed by atoms with van der Waals surface area (Å²) in [6, 6.07) is 12.1. The van der Waals surface area contributed by atoms with E-state index in [0.29, 0.717) is 28.3 Å².